The van der Waals surface area contributed by atoms with Gasteiger partial charge in [0.25, 0.3) is 5.69 Å². The largest absolute Gasteiger partial charge is 0.465 e. The van der Waals surface area contributed by atoms with Crippen molar-refractivity contribution in [1.82, 2.24) is 9.66 Å². The maximum atomic E-state index is 12.9. The van der Waals surface area contributed by atoms with Crippen LogP contribution in [0.1, 0.15) is 33.3 Å². The second kappa shape index (κ2) is 9.77. The standard InChI is InChI=1S/C21H19N5O8/c1-4-34-21(28)17-16(20(27)33-3)12(2)24(23-19-15(26(31)32)6-5-11-22-19)18(17)13-7-9-14(10-8-13)25(29)30/h5-11H,4H2,1-3H3,(H,22,23). The van der Waals surface area contributed by atoms with E-state index in [1.807, 2.05) is 0 Å². The Bertz CT molecular complexity index is 1280. The third-order valence-corrected chi connectivity index (χ3v) is 4.83. The van der Waals surface area contributed by atoms with E-state index in [-0.39, 0.29) is 51.9 Å². The van der Waals surface area contributed by atoms with Gasteiger partial charge in [0.1, 0.15) is 5.56 Å². The van der Waals surface area contributed by atoms with E-state index in [0.29, 0.717) is 0 Å². The molecule has 0 saturated heterocycles. The Hall–Kier alpha value is -4.81. The number of hydrogen-bond donors (Lipinski definition) is 1. The Morgan fingerprint density at radius 1 is 1.06 bits per heavy atom. The molecule has 2 aromatic heterocycles. The summed E-state index contributed by atoms with van der Waals surface area (Å²) in [4.78, 5) is 50.9. The van der Waals surface area contributed by atoms with E-state index < -0.39 is 21.8 Å². The van der Waals surface area contributed by atoms with Crippen LogP contribution in [-0.4, -0.2) is 45.2 Å². The van der Waals surface area contributed by atoms with Gasteiger partial charge in [-0.15, -0.1) is 0 Å². The summed E-state index contributed by atoms with van der Waals surface area (Å²) in [5.41, 5.74) is 2.44. The Kier molecular flexibility index (Phi) is 6.85. The number of hydrogen-bond acceptors (Lipinski definition) is 10. The van der Waals surface area contributed by atoms with Crippen molar-refractivity contribution in [3.63, 3.8) is 0 Å². The van der Waals surface area contributed by atoms with Crippen molar-refractivity contribution in [1.29, 1.82) is 0 Å². The smallest absolute Gasteiger partial charge is 0.341 e. The van der Waals surface area contributed by atoms with Crippen LogP contribution in [0.2, 0.25) is 0 Å². The highest BCUT2D eigenvalue weighted by molar-refractivity contribution is 6.09. The third-order valence-electron chi connectivity index (χ3n) is 4.83. The summed E-state index contributed by atoms with van der Waals surface area (Å²) in [6.07, 6.45) is 1.33. The molecule has 34 heavy (non-hydrogen) atoms. The van der Waals surface area contributed by atoms with E-state index in [9.17, 15) is 29.8 Å². The lowest BCUT2D eigenvalue weighted by Gasteiger charge is -2.15. The molecular weight excluding hydrogens is 450 g/mol. The van der Waals surface area contributed by atoms with Gasteiger partial charge in [-0.1, -0.05) is 0 Å². The molecule has 0 saturated carbocycles. The molecule has 1 aromatic carbocycles. The summed E-state index contributed by atoms with van der Waals surface area (Å²) < 4.78 is 11.3. The molecule has 2 heterocycles. The van der Waals surface area contributed by atoms with Crippen LogP contribution in [0.5, 0.6) is 0 Å². The van der Waals surface area contributed by atoms with Crippen LogP contribution in [0.4, 0.5) is 17.2 Å². The number of methoxy groups -OCH3 is 1. The second-order valence-corrected chi connectivity index (χ2v) is 6.78. The number of carbonyl (C=O) groups is 2. The number of ether oxygens (including phenoxy) is 2. The molecule has 3 rings (SSSR count). The van der Waals surface area contributed by atoms with Crippen LogP contribution in [0, 0.1) is 27.2 Å². The highest BCUT2D eigenvalue weighted by Crippen LogP contribution is 2.35. The molecule has 3 aromatic rings. The molecule has 176 valence electrons. The zero-order chi connectivity index (χ0) is 25.0. The third kappa shape index (κ3) is 4.39. The predicted octanol–water partition coefficient (Wildman–Crippen LogP) is 3.51. The Balaban J connectivity index is 2.35. The van der Waals surface area contributed by atoms with Crippen molar-refractivity contribution in [3.05, 3.63) is 79.6 Å². The van der Waals surface area contributed by atoms with Gasteiger partial charge in [-0.3, -0.25) is 30.3 Å². The average Bonchev–Trinajstić information content (AvgIpc) is 3.11. The first kappa shape index (κ1) is 23.8. The molecule has 0 unspecified atom stereocenters. The molecule has 0 spiro atoms. The SMILES string of the molecule is CCOC(=O)c1c(C(=O)OC)c(C)n(Nc2ncccc2[N+](=O)[O-])c1-c1ccc([N+](=O)[O-])cc1. The maximum Gasteiger partial charge on any atom is 0.341 e. The normalized spacial score (nSPS) is 10.4. The van der Waals surface area contributed by atoms with Gasteiger partial charge < -0.3 is 9.47 Å². The highest BCUT2D eigenvalue weighted by Gasteiger charge is 2.33. The summed E-state index contributed by atoms with van der Waals surface area (Å²) in [7, 11) is 1.14. The van der Waals surface area contributed by atoms with Gasteiger partial charge in [-0.25, -0.2) is 14.6 Å². The predicted molar refractivity (Wildman–Crippen MR) is 118 cm³/mol. The highest BCUT2D eigenvalue weighted by atomic mass is 16.6. The summed E-state index contributed by atoms with van der Waals surface area (Å²) in [6, 6.07) is 7.81. The molecule has 13 nitrogen and oxygen atoms in total. The van der Waals surface area contributed by atoms with Crippen LogP contribution < -0.4 is 5.43 Å². The Morgan fingerprint density at radius 3 is 2.29 bits per heavy atom. The zero-order valence-electron chi connectivity index (χ0n) is 18.3. The number of non-ortho nitro benzene ring substituents is 1. The first-order chi connectivity index (χ1) is 16.2. The Labute approximate surface area is 192 Å². The number of nitrogens with one attached hydrogen (secondary N) is 1. The molecule has 13 heteroatoms. The van der Waals surface area contributed by atoms with E-state index in [0.717, 1.165) is 7.11 Å². The lowest BCUT2D eigenvalue weighted by atomic mass is 10.0. The maximum absolute atomic E-state index is 12.9. The van der Waals surface area contributed by atoms with Crippen LogP contribution in [0.15, 0.2) is 42.6 Å². The minimum atomic E-state index is -0.851. The number of carbonyl (C=O) groups excluding carboxylic acids is 2. The first-order valence-corrected chi connectivity index (χ1v) is 9.83. The van der Waals surface area contributed by atoms with Crippen molar-refractivity contribution >= 4 is 29.1 Å². The van der Waals surface area contributed by atoms with Crippen molar-refractivity contribution in [2.75, 3.05) is 19.1 Å². The van der Waals surface area contributed by atoms with Crippen LogP contribution >= 0.6 is 0 Å². The summed E-state index contributed by atoms with van der Waals surface area (Å²) in [5.74, 6) is -1.87. The number of nitro groups is 2. The number of rotatable bonds is 8. The van der Waals surface area contributed by atoms with Crippen LogP contribution in [0.25, 0.3) is 11.3 Å². The van der Waals surface area contributed by atoms with E-state index in [4.69, 9.17) is 9.47 Å². The number of nitrogens with zero attached hydrogens (tertiary/aromatic N) is 4. The first-order valence-electron chi connectivity index (χ1n) is 9.83. The fraction of sp³-hybridized carbons (Fsp3) is 0.190. The summed E-state index contributed by atoms with van der Waals surface area (Å²) >= 11 is 0. The molecular formula is C21H19N5O8. The second-order valence-electron chi connectivity index (χ2n) is 6.78. The van der Waals surface area contributed by atoms with E-state index in [1.165, 1.54) is 54.2 Å². The number of aromatic nitrogens is 2. The van der Waals surface area contributed by atoms with Crippen LogP contribution in [0.3, 0.4) is 0 Å². The van der Waals surface area contributed by atoms with Gasteiger partial charge in [0.05, 0.1) is 40.5 Å². The molecule has 0 atom stereocenters. The molecule has 0 fully saturated rings. The monoisotopic (exact) mass is 469 g/mol. The van der Waals surface area contributed by atoms with E-state index in [1.54, 1.807) is 6.92 Å². The van der Waals surface area contributed by atoms with Gasteiger partial charge in [0.15, 0.2) is 0 Å². The topological polar surface area (TPSA) is 169 Å². The van der Waals surface area contributed by atoms with Gasteiger partial charge in [0, 0.05) is 30.0 Å². The molecule has 0 amide bonds. The minimum absolute atomic E-state index is 0.00250. The quantitative estimate of drug-likeness (QED) is 0.292. The lowest BCUT2D eigenvalue weighted by Crippen LogP contribution is -2.16. The van der Waals surface area contributed by atoms with Crippen molar-refractivity contribution in [2.24, 2.45) is 0 Å². The molecule has 0 radical (unpaired) electrons. The van der Waals surface area contributed by atoms with Gasteiger partial charge >= 0.3 is 17.6 Å². The molecule has 0 aliphatic rings. The van der Waals surface area contributed by atoms with Crippen molar-refractivity contribution in [3.8, 4) is 11.3 Å². The number of benzene rings is 1. The van der Waals surface area contributed by atoms with Crippen molar-refractivity contribution in [2.45, 2.75) is 13.8 Å². The zero-order valence-corrected chi connectivity index (χ0v) is 18.3. The molecule has 0 aliphatic carbocycles. The molecule has 1 N–H and O–H groups in total. The Morgan fingerprint density at radius 2 is 1.74 bits per heavy atom. The fourth-order valence-electron chi connectivity index (χ4n) is 3.33. The summed E-state index contributed by atoms with van der Waals surface area (Å²) in [6.45, 7) is 3.08. The number of pyridine rings is 1. The summed E-state index contributed by atoms with van der Waals surface area (Å²) in [5, 5.41) is 22.6. The van der Waals surface area contributed by atoms with E-state index >= 15 is 0 Å². The fourth-order valence-corrected chi connectivity index (χ4v) is 3.33. The van der Waals surface area contributed by atoms with Crippen molar-refractivity contribution < 1.29 is 28.9 Å². The lowest BCUT2D eigenvalue weighted by molar-refractivity contribution is -0.384. The number of esters is 2. The van der Waals surface area contributed by atoms with Gasteiger partial charge in [-0.2, -0.15) is 0 Å². The molecule has 0 aliphatic heterocycles. The number of anilines is 1. The molecule has 0 bridgehead atoms. The van der Waals surface area contributed by atoms with Gasteiger partial charge in [-0.05, 0) is 32.0 Å². The van der Waals surface area contributed by atoms with Crippen LogP contribution in [-0.2, 0) is 9.47 Å². The number of nitro benzene ring substituents is 1. The average molecular weight is 469 g/mol. The van der Waals surface area contributed by atoms with E-state index in [2.05, 4.69) is 10.4 Å². The minimum Gasteiger partial charge on any atom is -0.465 e. The van der Waals surface area contributed by atoms with Gasteiger partial charge in [0.2, 0.25) is 5.82 Å².